The molecule has 1 saturated heterocycles. The normalized spacial score (nSPS) is 17.7. The van der Waals surface area contributed by atoms with E-state index in [0.29, 0.717) is 24.1 Å². The van der Waals surface area contributed by atoms with E-state index in [1.54, 1.807) is 6.20 Å². The Morgan fingerprint density at radius 1 is 1.41 bits per heavy atom. The highest BCUT2D eigenvalue weighted by molar-refractivity contribution is 7.78. The van der Waals surface area contributed by atoms with Crippen molar-refractivity contribution in [3.8, 4) is 0 Å². The Labute approximate surface area is 178 Å². The van der Waals surface area contributed by atoms with E-state index < -0.39 is 5.97 Å². The van der Waals surface area contributed by atoms with Gasteiger partial charge in [-0.3, -0.25) is 14.9 Å². The fourth-order valence-electron chi connectivity index (χ4n) is 3.53. The van der Waals surface area contributed by atoms with Crippen molar-refractivity contribution in [3.63, 3.8) is 0 Å². The van der Waals surface area contributed by atoms with Gasteiger partial charge in [-0.1, -0.05) is 17.7 Å². The van der Waals surface area contributed by atoms with Gasteiger partial charge >= 0.3 is 0 Å². The van der Waals surface area contributed by atoms with E-state index in [0.717, 1.165) is 42.6 Å². The van der Waals surface area contributed by atoms with Crippen molar-refractivity contribution in [2.45, 2.75) is 32.4 Å². The Balaban J connectivity index is 0.000000552. The van der Waals surface area contributed by atoms with Crippen LogP contribution < -0.4 is 15.5 Å². The number of hydrogen-bond donors (Lipinski definition) is 4. The molecule has 4 rings (SSSR count). The molecule has 0 bridgehead atoms. The first-order valence-electron chi connectivity index (χ1n) is 9.13. The molecule has 1 atom stereocenters. The first-order chi connectivity index (χ1) is 13.9. The van der Waals surface area contributed by atoms with Crippen molar-refractivity contribution in [2.75, 3.05) is 11.4 Å². The van der Waals surface area contributed by atoms with Gasteiger partial charge in [0.25, 0.3) is 11.9 Å². The van der Waals surface area contributed by atoms with Crippen LogP contribution in [-0.4, -0.2) is 33.5 Å². The quantitative estimate of drug-likeness (QED) is 0.555. The molecule has 2 aromatic rings. The first-order valence-corrected chi connectivity index (χ1v) is 9.92. The number of carbonyl (C=O) groups excluding carboxylic acids is 1. The summed E-state index contributed by atoms with van der Waals surface area (Å²) in [6, 6.07) is 8.16. The molecule has 1 fully saturated rings. The van der Waals surface area contributed by atoms with Crippen molar-refractivity contribution < 1.29 is 14.7 Å². The van der Waals surface area contributed by atoms with Crippen LogP contribution in [0.4, 0.5) is 5.69 Å². The van der Waals surface area contributed by atoms with Gasteiger partial charge in [0.1, 0.15) is 5.69 Å². The number of thiocarbonyl (C=S) groups is 1. The second-order valence-corrected chi connectivity index (χ2v) is 7.38. The molecule has 7 nitrogen and oxygen atoms in total. The Morgan fingerprint density at radius 3 is 2.83 bits per heavy atom. The van der Waals surface area contributed by atoms with E-state index in [-0.39, 0.29) is 5.91 Å². The minimum absolute atomic E-state index is 0.197. The monoisotopic (exact) mass is 432 g/mol. The smallest absolute Gasteiger partial charge is 0.300 e. The minimum atomic E-state index is -0.833. The highest BCUT2D eigenvalue weighted by Crippen LogP contribution is 2.33. The number of aliphatic carboxylic acids is 1. The summed E-state index contributed by atoms with van der Waals surface area (Å²) in [7, 11) is 0. The number of rotatable bonds is 3. The van der Waals surface area contributed by atoms with Crippen molar-refractivity contribution in [3.05, 3.63) is 58.1 Å². The lowest BCUT2D eigenvalue weighted by atomic mass is 9.98. The van der Waals surface area contributed by atoms with Gasteiger partial charge in [-0.05, 0) is 66.0 Å². The number of H-pyrrole nitrogens is 1. The summed E-state index contributed by atoms with van der Waals surface area (Å²) >= 11 is 11.2. The molecular formula is C20H21ClN4O3S. The number of aromatic nitrogens is 1. The zero-order valence-electron chi connectivity index (χ0n) is 15.8. The largest absolute Gasteiger partial charge is 0.481 e. The average molecular weight is 433 g/mol. The van der Waals surface area contributed by atoms with Crippen molar-refractivity contribution in [2.24, 2.45) is 0 Å². The Morgan fingerprint density at radius 2 is 2.17 bits per heavy atom. The fourth-order valence-corrected chi connectivity index (χ4v) is 3.87. The number of anilines is 1. The average Bonchev–Trinajstić information content (AvgIpc) is 3.36. The molecule has 2 aliphatic rings. The van der Waals surface area contributed by atoms with Crippen LogP contribution in [0.15, 0.2) is 36.3 Å². The number of aromatic amines is 1. The number of nitrogens with zero attached hydrogens (tertiary/aromatic N) is 1. The molecule has 3 heterocycles. The van der Waals surface area contributed by atoms with Gasteiger partial charge in [0, 0.05) is 24.2 Å². The number of carboxylic acid groups (broad SMARTS) is 1. The van der Waals surface area contributed by atoms with Gasteiger partial charge in [-0.2, -0.15) is 0 Å². The van der Waals surface area contributed by atoms with E-state index >= 15 is 0 Å². The van der Waals surface area contributed by atoms with Crippen molar-refractivity contribution in [1.29, 1.82) is 0 Å². The number of carbonyl (C=O) groups is 2. The van der Waals surface area contributed by atoms with Crippen LogP contribution in [0.1, 0.15) is 47.4 Å². The van der Waals surface area contributed by atoms with E-state index in [1.165, 1.54) is 5.56 Å². The van der Waals surface area contributed by atoms with Crippen LogP contribution in [0, 0.1) is 0 Å². The highest BCUT2D eigenvalue weighted by Gasteiger charge is 2.29. The zero-order chi connectivity index (χ0) is 21.0. The van der Waals surface area contributed by atoms with Crippen LogP contribution in [0.5, 0.6) is 0 Å². The maximum Gasteiger partial charge on any atom is 0.300 e. The standard InChI is InChI=1S/C18H17ClN4OS.C2H4O2/c19-12-4-3-11(13(8-12)14-2-1-6-20-14)9-23-15-5-7-21-17(15)18(24)22-16(23)10-25;1-2(3)4/h3-5,7-8,14,20-21H,1-2,6,9H2,(H,22,24);1H3,(H,3,4)/t14-;/m1./s1. The summed E-state index contributed by atoms with van der Waals surface area (Å²) in [5, 5.41) is 17.1. The molecule has 1 aromatic carbocycles. The summed E-state index contributed by atoms with van der Waals surface area (Å²) in [5.41, 5.74) is 3.68. The first kappa shape index (κ1) is 21.1. The molecule has 0 radical (unpaired) electrons. The third-order valence-electron chi connectivity index (χ3n) is 4.71. The number of benzene rings is 1. The van der Waals surface area contributed by atoms with Crippen molar-refractivity contribution in [1.82, 2.24) is 15.6 Å². The molecule has 1 amide bonds. The second-order valence-electron chi connectivity index (χ2n) is 6.74. The topological polar surface area (TPSA) is 97.5 Å². The lowest BCUT2D eigenvalue weighted by molar-refractivity contribution is -0.134. The maximum atomic E-state index is 12.1. The molecule has 0 unspecified atom stereocenters. The SMILES string of the molecule is CC(=O)O.O=C1NC(=C=S)N(Cc2ccc(Cl)cc2[C@H]2CCCN2)c2cc[nH]c21. The molecule has 0 saturated carbocycles. The third-order valence-corrected chi connectivity index (χ3v) is 5.14. The summed E-state index contributed by atoms with van der Waals surface area (Å²) in [5.74, 6) is -0.537. The summed E-state index contributed by atoms with van der Waals surface area (Å²) in [6.07, 6.45) is 4.00. The molecule has 1 aromatic heterocycles. The predicted octanol–water partition coefficient (Wildman–Crippen LogP) is 3.37. The lowest BCUT2D eigenvalue weighted by Crippen LogP contribution is -2.41. The molecule has 4 N–H and O–H groups in total. The molecule has 0 spiro atoms. The Bertz CT molecular complexity index is 974. The van der Waals surface area contributed by atoms with Gasteiger partial charge < -0.3 is 20.3 Å². The maximum absolute atomic E-state index is 12.1. The third kappa shape index (κ3) is 4.86. The Hall–Kier alpha value is -2.64. The summed E-state index contributed by atoms with van der Waals surface area (Å²) in [4.78, 5) is 26.1. The molecule has 152 valence electrons. The summed E-state index contributed by atoms with van der Waals surface area (Å²) < 4.78 is 0. The number of halogens is 1. The van der Waals surface area contributed by atoms with E-state index in [2.05, 4.69) is 20.6 Å². The fraction of sp³-hybridized carbons (Fsp3) is 0.300. The molecule has 2 aliphatic heterocycles. The minimum Gasteiger partial charge on any atom is -0.481 e. The molecule has 9 heteroatoms. The van der Waals surface area contributed by atoms with Gasteiger partial charge in [-0.25, -0.2) is 0 Å². The lowest BCUT2D eigenvalue weighted by Gasteiger charge is -2.31. The van der Waals surface area contributed by atoms with Crippen LogP contribution in [0.3, 0.4) is 0 Å². The van der Waals surface area contributed by atoms with E-state index in [4.69, 9.17) is 33.7 Å². The highest BCUT2D eigenvalue weighted by atomic mass is 35.5. The van der Waals surface area contributed by atoms with E-state index in [1.807, 2.05) is 29.2 Å². The van der Waals surface area contributed by atoms with Gasteiger partial charge in [0.2, 0.25) is 0 Å². The molecule has 29 heavy (non-hydrogen) atoms. The summed E-state index contributed by atoms with van der Waals surface area (Å²) in [6.45, 7) is 2.68. The Kier molecular flexibility index (Phi) is 6.71. The van der Waals surface area contributed by atoms with Gasteiger partial charge in [0.15, 0.2) is 5.82 Å². The molecular weight excluding hydrogens is 412 g/mol. The second kappa shape index (κ2) is 9.24. The van der Waals surface area contributed by atoms with Crippen LogP contribution in [0.25, 0.3) is 0 Å². The van der Waals surface area contributed by atoms with Crippen LogP contribution in [0.2, 0.25) is 5.02 Å². The van der Waals surface area contributed by atoms with Gasteiger partial charge in [-0.15, -0.1) is 0 Å². The van der Waals surface area contributed by atoms with Gasteiger partial charge in [0.05, 0.1) is 12.2 Å². The van der Waals surface area contributed by atoms with Crippen LogP contribution >= 0.6 is 23.8 Å². The number of nitrogens with one attached hydrogen (secondary N) is 3. The van der Waals surface area contributed by atoms with Crippen LogP contribution in [-0.2, 0) is 11.3 Å². The molecule has 0 aliphatic carbocycles. The number of carboxylic acids is 1. The number of amides is 1. The van der Waals surface area contributed by atoms with Crippen molar-refractivity contribution >= 4 is 46.4 Å². The zero-order valence-corrected chi connectivity index (χ0v) is 17.4. The predicted molar refractivity (Wildman–Crippen MR) is 115 cm³/mol. The van der Waals surface area contributed by atoms with E-state index in [9.17, 15) is 4.79 Å². The number of hydrogen-bond acceptors (Lipinski definition) is 5. The number of fused-ring (bicyclic) bond motifs is 1.